The Hall–Kier alpha value is -2.00. The highest BCUT2D eigenvalue weighted by Gasteiger charge is 2.04. The van der Waals surface area contributed by atoms with Crippen LogP contribution in [0.3, 0.4) is 0 Å². The summed E-state index contributed by atoms with van der Waals surface area (Å²) in [6, 6.07) is 13.7. The smallest absolute Gasteiger partial charge is 0.224 e. The molecule has 0 aromatic heterocycles. The number of hydrogen-bond acceptors (Lipinski definition) is 2. The van der Waals surface area contributed by atoms with E-state index in [2.05, 4.69) is 24.4 Å². The Kier molecular flexibility index (Phi) is 7.13. The molecule has 0 aliphatic rings. The molecule has 2 aromatic rings. The van der Waals surface area contributed by atoms with Crippen molar-refractivity contribution < 1.29 is 9.53 Å². The lowest BCUT2D eigenvalue weighted by Crippen LogP contribution is -2.12. The summed E-state index contributed by atoms with van der Waals surface area (Å²) in [7, 11) is 0. The van der Waals surface area contributed by atoms with Crippen LogP contribution in [0.15, 0.2) is 42.5 Å². The van der Waals surface area contributed by atoms with Gasteiger partial charge in [0, 0.05) is 17.1 Å². The second kappa shape index (κ2) is 9.33. The van der Waals surface area contributed by atoms with Crippen molar-refractivity contribution in [1.29, 1.82) is 0 Å². The molecule has 1 amide bonds. The summed E-state index contributed by atoms with van der Waals surface area (Å²) in [5.74, 6) is 0.817. The van der Waals surface area contributed by atoms with Gasteiger partial charge in [0.2, 0.25) is 5.91 Å². The molecule has 0 heterocycles. The molecular formula is C20H24ClNO2. The molecule has 0 aliphatic carbocycles. The standard InChI is InChI=1S/C20H24ClNO2/c1-3-5-16-8-11-18(12-9-16)24-13-4-6-20(23)22-17-10-7-15(2)19(21)14-17/h7-12,14H,3-6,13H2,1-2H3,(H,22,23). The van der Waals surface area contributed by atoms with E-state index in [1.165, 1.54) is 5.56 Å². The number of carbonyl (C=O) groups excluding carboxylic acids is 1. The number of aryl methyl sites for hydroxylation is 2. The zero-order valence-corrected chi connectivity index (χ0v) is 15.0. The van der Waals surface area contributed by atoms with Crippen LogP contribution in [0, 0.1) is 6.92 Å². The third-order valence-electron chi connectivity index (χ3n) is 3.73. The Bertz CT molecular complexity index is 668. The van der Waals surface area contributed by atoms with Crippen molar-refractivity contribution in [3.05, 3.63) is 58.6 Å². The number of hydrogen-bond donors (Lipinski definition) is 1. The molecule has 4 heteroatoms. The highest BCUT2D eigenvalue weighted by atomic mass is 35.5. The minimum absolute atomic E-state index is 0.0307. The molecule has 3 nitrogen and oxygen atoms in total. The topological polar surface area (TPSA) is 38.3 Å². The molecule has 2 rings (SSSR count). The lowest BCUT2D eigenvalue weighted by atomic mass is 10.1. The van der Waals surface area contributed by atoms with Gasteiger partial charge in [-0.2, -0.15) is 0 Å². The van der Waals surface area contributed by atoms with E-state index in [9.17, 15) is 4.79 Å². The Balaban J connectivity index is 1.69. The summed E-state index contributed by atoms with van der Waals surface area (Å²) in [5, 5.41) is 3.51. The zero-order chi connectivity index (χ0) is 17.4. The number of benzene rings is 2. The van der Waals surface area contributed by atoms with Gasteiger partial charge in [-0.25, -0.2) is 0 Å². The van der Waals surface area contributed by atoms with Crippen LogP contribution in [-0.2, 0) is 11.2 Å². The third-order valence-corrected chi connectivity index (χ3v) is 4.14. The van der Waals surface area contributed by atoms with Gasteiger partial charge < -0.3 is 10.1 Å². The van der Waals surface area contributed by atoms with Crippen LogP contribution in [0.4, 0.5) is 5.69 Å². The number of amides is 1. The first-order valence-electron chi connectivity index (χ1n) is 8.36. The van der Waals surface area contributed by atoms with E-state index < -0.39 is 0 Å². The number of ether oxygens (including phenoxy) is 1. The van der Waals surface area contributed by atoms with Crippen molar-refractivity contribution in [2.24, 2.45) is 0 Å². The first-order chi connectivity index (χ1) is 11.6. The molecule has 0 spiro atoms. The van der Waals surface area contributed by atoms with Crippen molar-refractivity contribution in [2.45, 2.75) is 39.5 Å². The molecular weight excluding hydrogens is 322 g/mol. The van der Waals surface area contributed by atoms with Gasteiger partial charge >= 0.3 is 0 Å². The van der Waals surface area contributed by atoms with Crippen molar-refractivity contribution in [1.82, 2.24) is 0 Å². The highest BCUT2D eigenvalue weighted by molar-refractivity contribution is 6.31. The normalized spacial score (nSPS) is 10.5. The average molecular weight is 346 g/mol. The fraction of sp³-hybridized carbons (Fsp3) is 0.350. The van der Waals surface area contributed by atoms with Gasteiger partial charge in [-0.05, 0) is 55.2 Å². The SMILES string of the molecule is CCCc1ccc(OCCCC(=O)Nc2ccc(C)c(Cl)c2)cc1. The van der Waals surface area contributed by atoms with Crippen LogP contribution in [0.2, 0.25) is 5.02 Å². The quantitative estimate of drug-likeness (QED) is 0.650. The van der Waals surface area contributed by atoms with Crippen LogP contribution in [0.25, 0.3) is 0 Å². The molecule has 0 bridgehead atoms. The van der Waals surface area contributed by atoms with Crippen molar-refractivity contribution in [3.8, 4) is 5.75 Å². The maximum Gasteiger partial charge on any atom is 0.224 e. The second-order valence-corrected chi connectivity index (χ2v) is 6.27. The van der Waals surface area contributed by atoms with E-state index >= 15 is 0 Å². The van der Waals surface area contributed by atoms with Crippen molar-refractivity contribution in [3.63, 3.8) is 0 Å². The first-order valence-corrected chi connectivity index (χ1v) is 8.74. The van der Waals surface area contributed by atoms with Crippen LogP contribution < -0.4 is 10.1 Å². The molecule has 128 valence electrons. The first kappa shape index (κ1) is 18.3. The third kappa shape index (κ3) is 5.89. The molecule has 2 aromatic carbocycles. The Morgan fingerprint density at radius 2 is 1.92 bits per heavy atom. The number of anilines is 1. The van der Waals surface area contributed by atoms with E-state index in [1.807, 2.05) is 31.2 Å². The van der Waals surface area contributed by atoms with Gasteiger partial charge in [-0.15, -0.1) is 0 Å². The Morgan fingerprint density at radius 3 is 2.58 bits per heavy atom. The van der Waals surface area contributed by atoms with Gasteiger partial charge in [-0.1, -0.05) is 43.1 Å². The number of carbonyl (C=O) groups is 1. The monoisotopic (exact) mass is 345 g/mol. The predicted octanol–water partition coefficient (Wildman–Crippen LogP) is 5.40. The minimum Gasteiger partial charge on any atom is -0.494 e. The molecule has 0 saturated carbocycles. The summed E-state index contributed by atoms with van der Waals surface area (Å²) in [6.07, 6.45) is 3.31. The zero-order valence-electron chi connectivity index (χ0n) is 14.3. The van der Waals surface area contributed by atoms with E-state index in [1.54, 1.807) is 6.07 Å². The van der Waals surface area contributed by atoms with Crippen molar-refractivity contribution >= 4 is 23.2 Å². The molecule has 1 N–H and O–H groups in total. The fourth-order valence-electron chi connectivity index (χ4n) is 2.36. The Morgan fingerprint density at radius 1 is 1.17 bits per heavy atom. The van der Waals surface area contributed by atoms with E-state index in [0.29, 0.717) is 24.5 Å². The van der Waals surface area contributed by atoms with Crippen LogP contribution in [-0.4, -0.2) is 12.5 Å². The average Bonchev–Trinajstić information content (AvgIpc) is 2.57. The van der Waals surface area contributed by atoms with Crippen LogP contribution in [0.5, 0.6) is 5.75 Å². The lowest BCUT2D eigenvalue weighted by Gasteiger charge is -2.08. The molecule has 0 unspecified atom stereocenters. The van der Waals surface area contributed by atoms with Crippen molar-refractivity contribution in [2.75, 3.05) is 11.9 Å². The number of halogens is 1. The molecule has 24 heavy (non-hydrogen) atoms. The highest BCUT2D eigenvalue weighted by Crippen LogP contribution is 2.20. The predicted molar refractivity (Wildman–Crippen MR) is 100.0 cm³/mol. The summed E-state index contributed by atoms with van der Waals surface area (Å²) in [4.78, 5) is 11.9. The number of nitrogens with one attached hydrogen (secondary N) is 1. The summed E-state index contributed by atoms with van der Waals surface area (Å²) < 4.78 is 5.67. The maximum absolute atomic E-state index is 11.9. The van der Waals surface area contributed by atoms with Gasteiger partial charge in [-0.3, -0.25) is 4.79 Å². The van der Waals surface area contributed by atoms with Gasteiger partial charge in [0.15, 0.2) is 0 Å². The van der Waals surface area contributed by atoms with Gasteiger partial charge in [0.25, 0.3) is 0 Å². The number of rotatable bonds is 8. The van der Waals surface area contributed by atoms with Gasteiger partial charge in [0.1, 0.15) is 5.75 Å². The molecule has 0 saturated heterocycles. The van der Waals surface area contributed by atoms with Gasteiger partial charge in [0.05, 0.1) is 6.61 Å². The lowest BCUT2D eigenvalue weighted by molar-refractivity contribution is -0.116. The van der Waals surface area contributed by atoms with Crippen LogP contribution >= 0.6 is 11.6 Å². The fourth-order valence-corrected chi connectivity index (χ4v) is 2.54. The van der Waals surface area contributed by atoms with E-state index in [4.69, 9.17) is 16.3 Å². The van der Waals surface area contributed by atoms with E-state index in [-0.39, 0.29) is 5.91 Å². The van der Waals surface area contributed by atoms with Crippen LogP contribution in [0.1, 0.15) is 37.3 Å². The van der Waals surface area contributed by atoms with E-state index in [0.717, 1.165) is 29.8 Å². The molecule has 0 atom stereocenters. The summed E-state index contributed by atoms with van der Waals surface area (Å²) >= 11 is 6.05. The second-order valence-electron chi connectivity index (χ2n) is 5.86. The maximum atomic E-state index is 11.9. The Labute approximate surface area is 149 Å². The largest absolute Gasteiger partial charge is 0.494 e. The molecule has 0 radical (unpaired) electrons. The minimum atomic E-state index is -0.0307. The summed E-state index contributed by atoms with van der Waals surface area (Å²) in [5.41, 5.74) is 3.04. The molecule has 0 fully saturated rings. The molecule has 0 aliphatic heterocycles. The summed E-state index contributed by atoms with van der Waals surface area (Å²) in [6.45, 7) is 4.62.